The number of methoxy groups -OCH3 is 1. The van der Waals surface area contributed by atoms with Gasteiger partial charge in [0, 0.05) is 7.11 Å². The fourth-order valence-electron chi connectivity index (χ4n) is 3.21. The third-order valence-corrected chi connectivity index (χ3v) is 4.19. The summed E-state index contributed by atoms with van der Waals surface area (Å²) in [5.41, 5.74) is 0.605. The molecule has 2 heteroatoms. The molecule has 2 aliphatic carbocycles. The highest BCUT2D eigenvalue weighted by Gasteiger charge is 2.41. The minimum atomic E-state index is -0.655. The molecule has 1 fully saturated rings. The van der Waals surface area contributed by atoms with Gasteiger partial charge in [0.15, 0.2) is 0 Å². The van der Waals surface area contributed by atoms with Crippen LogP contribution in [0.25, 0.3) is 0 Å². The zero-order valence-corrected chi connectivity index (χ0v) is 10.4. The largest absolute Gasteiger partial charge is 0.383 e. The SMILES string of the molecule is COC1CCCCC1(O)C1=CCCCCC1. The Morgan fingerprint density at radius 2 is 2.12 bits per heavy atom. The average Bonchev–Trinajstić information content (AvgIpc) is 2.58. The second-order valence-electron chi connectivity index (χ2n) is 5.22. The Bertz CT molecular complexity index is 259. The van der Waals surface area contributed by atoms with Crippen LogP contribution in [0.15, 0.2) is 11.6 Å². The van der Waals surface area contributed by atoms with Crippen molar-refractivity contribution in [3.8, 4) is 0 Å². The molecule has 92 valence electrons. The number of hydrogen-bond donors (Lipinski definition) is 1. The Labute approximate surface area is 98.7 Å². The van der Waals surface area contributed by atoms with Crippen molar-refractivity contribution in [3.63, 3.8) is 0 Å². The maximum atomic E-state index is 10.9. The zero-order chi connectivity index (χ0) is 11.4. The molecule has 16 heavy (non-hydrogen) atoms. The van der Waals surface area contributed by atoms with Crippen LogP contribution in [-0.4, -0.2) is 23.9 Å². The summed E-state index contributed by atoms with van der Waals surface area (Å²) >= 11 is 0. The van der Waals surface area contributed by atoms with Gasteiger partial charge in [-0.3, -0.25) is 0 Å². The first kappa shape index (κ1) is 12.1. The van der Waals surface area contributed by atoms with E-state index >= 15 is 0 Å². The molecule has 0 aromatic rings. The molecule has 0 radical (unpaired) electrons. The topological polar surface area (TPSA) is 29.5 Å². The van der Waals surface area contributed by atoms with Crippen LogP contribution in [0.1, 0.15) is 57.8 Å². The molecule has 0 heterocycles. The second-order valence-corrected chi connectivity index (χ2v) is 5.22. The lowest BCUT2D eigenvalue weighted by Crippen LogP contribution is -2.47. The molecular formula is C14H24O2. The van der Waals surface area contributed by atoms with Crippen molar-refractivity contribution >= 4 is 0 Å². The summed E-state index contributed by atoms with van der Waals surface area (Å²) in [6, 6.07) is 0. The Morgan fingerprint density at radius 1 is 1.25 bits per heavy atom. The van der Waals surface area contributed by atoms with Gasteiger partial charge in [-0.05, 0) is 44.1 Å². The molecule has 0 spiro atoms. The standard InChI is InChI=1S/C14H24O2/c1-16-13-10-6-7-11-14(13,15)12-8-4-2-3-5-9-12/h8,13,15H,2-7,9-11H2,1H3. The van der Waals surface area contributed by atoms with Gasteiger partial charge in [0.1, 0.15) is 5.60 Å². The van der Waals surface area contributed by atoms with Crippen LogP contribution in [0.4, 0.5) is 0 Å². The van der Waals surface area contributed by atoms with E-state index in [1.54, 1.807) is 7.11 Å². The first-order valence-electron chi connectivity index (χ1n) is 6.72. The Morgan fingerprint density at radius 3 is 2.94 bits per heavy atom. The molecule has 0 saturated heterocycles. The maximum absolute atomic E-state index is 10.9. The molecule has 0 bridgehead atoms. The van der Waals surface area contributed by atoms with Crippen molar-refractivity contribution in [2.24, 2.45) is 0 Å². The molecule has 2 unspecified atom stereocenters. The highest BCUT2D eigenvalue weighted by atomic mass is 16.5. The van der Waals surface area contributed by atoms with Crippen molar-refractivity contribution in [1.82, 2.24) is 0 Å². The van der Waals surface area contributed by atoms with Gasteiger partial charge < -0.3 is 9.84 Å². The van der Waals surface area contributed by atoms with Gasteiger partial charge in [0.2, 0.25) is 0 Å². The summed E-state index contributed by atoms with van der Waals surface area (Å²) in [7, 11) is 1.73. The number of ether oxygens (including phenoxy) is 1. The van der Waals surface area contributed by atoms with Gasteiger partial charge in [-0.2, -0.15) is 0 Å². The smallest absolute Gasteiger partial charge is 0.112 e. The molecule has 2 aliphatic rings. The van der Waals surface area contributed by atoms with Crippen molar-refractivity contribution in [3.05, 3.63) is 11.6 Å². The lowest BCUT2D eigenvalue weighted by atomic mass is 9.75. The van der Waals surface area contributed by atoms with E-state index in [-0.39, 0.29) is 6.10 Å². The van der Waals surface area contributed by atoms with E-state index in [0.29, 0.717) is 0 Å². The minimum Gasteiger partial charge on any atom is -0.383 e. The van der Waals surface area contributed by atoms with Crippen molar-refractivity contribution in [1.29, 1.82) is 0 Å². The maximum Gasteiger partial charge on any atom is 0.112 e. The molecule has 0 aliphatic heterocycles. The molecule has 0 amide bonds. The molecule has 2 atom stereocenters. The van der Waals surface area contributed by atoms with E-state index < -0.39 is 5.60 Å². The highest BCUT2D eigenvalue weighted by molar-refractivity contribution is 5.21. The Balaban J connectivity index is 2.16. The average molecular weight is 224 g/mol. The highest BCUT2D eigenvalue weighted by Crippen LogP contribution is 2.39. The molecular weight excluding hydrogens is 200 g/mol. The Kier molecular flexibility index (Phi) is 4.04. The molecule has 2 rings (SSSR count). The van der Waals surface area contributed by atoms with E-state index in [4.69, 9.17) is 4.74 Å². The fraction of sp³-hybridized carbons (Fsp3) is 0.857. The number of hydrogen-bond acceptors (Lipinski definition) is 2. The normalized spacial score (nSPS) is 36.6. The minimum absolute atomic E-state index is 0.0191. The first-order chi connectivity index (χ1) is 7.77. The zero-order valence-electron chi connectivity index (χ0n) is 10.4. The molecule has 0 aromatic carbocycles. The van der Waals surface area contributed by atoms with Crippen LogP contribution in [0, 0.1) is 0 Å². The summed E-state index contributed by atoms with van der Waals surface area (Å²) in [5, 5.41) is 10.9. The molecule has 2 nitrogen and oxygen atoms in total. The molecule has 1 saturated carbocycles. The summed E-state index contributed by atoms with van der Waals surface area (Å²) in [4.78, 5) is 0. The van der Waals surface area contributed by atoms with Gasteiger partial charge in [-0.1, -0.05) is 25.3 Å². The molecule has 1 N–H and O–H groups in total. The number of allylic oxidation sites excluding steroid dienone is 1. The quantitative estimate of drug-likeness (QED) is 0.730. The van der Waals surface area contributed by atoms with Gasteiger partial charge in [-0.25, -0.2) is 0 Å². The number of aliphatic hydroxyl groups is 1. The fourth-order valence-corrected chi connectivity index (χ4v) is 3.21. The van der Waals surface area contributed by atoms with Crippen LogP contribution in [0.5, 0.6) is 0 Å². The van der Waals surface area contributed by atoms with Gasteiger partial charge in [0.05, 0.1) is 6.10 Å². The lowest BCUT2D eigenvalue weighted by molar-refractivity contribution is -0.0945. The first-order valence-corrected chi connectivity index (χ1v) is 6.72. The van der Waals surface area contributed by atoms with E-state index in [0.717, 1.165) is 32.1 Å². The van der Waals surface area contributed by atoms with Crippen LogP contribution < -0.4 is 0 Å². The summed E-state index contributed by atoms with van der Waals surface area (Å²) in [6.07, 6.45) is 12.5. The van der Waals surface area contributed by atoms with Crippen LogP contribution in [0.3, 0.4) is 0 Å². The summed E-state index contributed by atoms with van der Waals surface area (Å²) < 4.78 is 5.51. The van der Waals surface area contributed by atoms with E-state index in [9.17, 15) is 5.11 Å². The van der Waals surface area contributed by atoms with Crippen LogP contribution in [0.2, 0.25) is 0 Å². The van der Waals surface area contributed by atoms with E-state index in [2.05, 4.69) is 6.08 Å². The third-order valence-electron chi connectivity index (χ3n) is 4.19. The second kappa shape index (κ2) is 5.33. The van der Waals surface area contributed by atoms with Crippen molar-refractivity contribution in [2.75, 3.05) is 7.11 Å². The van der Waals surface area contributed by atoms with E-state index in [1.807, 2.05) is 0 Å². The van der Waals surface area contributed by atoms with E-state index in [1.165, 1.54) is 31.3 Å². The summed E-state index contributed by atoms with van der Waals surface area (Å²) in [6.45, 7) is 0. The van der Waals surface area contributed by atoms with Crippen LogP contribution in [-0.2, 0) is 4.74 Å². The monoisotopic (exact) mass is 224 g/mol. The lowest BCUT2D eigenvalue weighted by Gasteiger charge is -2.41. The van der Waals surface area contributed by atoms with Crippen molar-refractivity contribution < 1.29 is 9.84 Å². The third kappa shape index (κ3) is 2.33. The van der Waals surface area contributed by atoms with Gasteiger partial charge >= 0.3 is 0 Å². The number of rotatable bonds is 2. The molecule has 0 aromatic heterocycles. The predicted octanol–water partition coefficient (Wildman–Crippen LogP) is 3.20. The van der Waals surface area contributed by atoms with Crippen molar-refractivity contribution in [2.45, 2.75) is 69.5 Å². The Hall–Kier alpha value is -0.340. The predicted molar refractivity (Wildman–Crippen MR) is 65.4 cm³/mol. The van der Waals surface area contributed by atoms with Gasteiger partial charge in [-0.15, -0.1) is 0 Å². The van der Waals surface area contributed by atoms with Gasteiger partial charge in [0.25, 0.3) is 0 Å². The van der Waals surface area contributed by atoms with Crippen LogP contribution >= 0.6 is 0 Å². The summed E-state index contributed by atoms with van der Waals surface area (Å²) in [5.74, 6) is 0.